The van der Waals surface area contributed by atoms with Crippen LogP contribution >= 0.6 is 11.8 Å². The maximum atomic E-state index is 5.60. The molecule has 1 heterocycles. The Hall–Kier alpha value is -0.770. The summed E-state index contributed by atoms with van der Waals surface area (Å²) >= 11 is 1.83. The molecule has 0 saturated heterocycles. The quantitative estimate of drug-likeness (QED) is 0.837. The second-order valence-electron chi connectivity index (χ2n) is 4.29. The van der Waals surface area contributed by atoms with Crippen molar-refractivity contribution in [1.29, 1.82) is 0 Å². The van der Waals surface area contributed by atoms with Gasteiger partial charge < -0.3 is 5.73 Å². The first kappa shape index (κ1) is 10.7. The summed E-state index contributed by atoms with van der Waals surface area (Å²) in [4.78, 5) is 8.33. The number of nitrogens with two attached hydrogens (primary N) is 1. The Morgan fingerprint density at radius 3 is 3.00 bits per heavy atom. The van der Waals surface area contributed by atoms with Gasteiger partial charge in [-0.15, -0.1) is 11.8 Å². The summed E-state index contributed by atoms with van der Waals surface area (Å²) in [7, 11) is 0. The number of hydrogen-bond donors (Lipinski definition) is 1. The molecule has 2 N–H and O–H groups in total. The molecular weight excluding hydrogens is 206 g/mol. The average molecular weight is 223 g/mol. The highest BCUT2D eigenvalue weighted by Crippen LogP contribution is 2.35. The third-order valence-electron chi connectivity index (χ3n) is 2.81. The van der Waals surface area contributed by atoms with Crippen molar-refractivity contribution in [3.63, 3.8) is 0 Å². The van der Waals surface area contributed by atoms with Gasteiger partial charge >= 0.3 is 0 Å². The van der Waals surface area contributed by atoms with Crippen molar-refractivity contribution < 1.29 is 0 Å². The van der Waals surface area contributed by atoms with Crippen molar-refractivity contribution in [2.45, 2.75) is 42.9 Å². The van der Waals surface area contributed by atoms with Crippen LogP contribution in [0.3, 0.4) is 0 Å². The molecule has 1 fully saturated rings. The van der Waals surface area contributed by atoms with Gasteiger partial charge in [0, 0.05) is 5.25 Å². The van der Waals surface area contributed by atoms with Gasteiger partial charge in [0.25, 0.3) is 0 Å². The van der Waals surface area contributed by atoms with Crippen molar-refractivity contribution in [2.75, 3.05) is 5.73 Å². The summed E-state index contributed by atoms with van der Waals surface area (Å²) in [5.41, 5.74) is 5.60. The van der Waals surface area contributed by atoms with E-state index in [9.17, 15) is 0 Å². The minimum atomic E-state index is 0.517. The molecule has 2 rings (SSSR count). The van der Waals surface area contributed by atoms with Crippen molar-refractivity contribution >= 4 is 17.6 Å². The first-order chi connectivity index (χ1) is 7.24. The Labute approximate surface area is 94.9 Å². The molecule has 0 radical (unpaired) electrons. The lowest BCUT2D eigenvalue weighted by Crippen LogP contribution is -2.15. The van der Waals surface area contributed by atoms with Gasteiger partial charge in [-0.1, -0.05) is 19.8 Å². The lowest BCUT2D eigenvalue weighted by Gasteiger charge is -2.25. The van der Waals surface area contributed by atoms with E-state index in [2.05, 4.69) is 16.9 Å². The third-order valence-corrected chi connectivity index (χ3v) is 4.01. The van der Waals surface area contributed by atoms with E-state index >= 15 is 0 Å². The molecular formula is C11H17N3S. The molecule has 1 aliphatic rings. The summed E-state index contributed by atoms with van der Waals surface area (Å²) in [6, 6.07) is 0. The minimum absolute atomic E-state index is 0.517. The lowest BCUT2D eigenvalue weighted by atomic mass is 9.91. The minimum Gasteiger partial charge on any atom is -0.382 e. The Balaban J connectivity index is 1.96. The fourth-order valence-electron chi connectivity index (χ4n) is 2.08. The van der Waals surface area contributed by atoms with Crippen LogP contribution in [0.5, 0.6) is 0 Å². The molecule has 1 aliphatic carbocycles. The van der Waals surface area contributed by atoms with E-state index in [1.807, 2.05) is 11.8 Å². The second-order valence-corrected chi connectivity index (χ2v) is 5.61. The van der Waals surface area contributed by atoms with Crippen LogP contribution in [-0.2, 0) is 0 Å². The zero-order valence-electron chi connectivity index (χ0n) is 9.02. The van der Waals surface area contributed by atoms with E-state index in [-0.39, 0.29) is 0 Å². The molecule has 1 aromatic heterocycles. The summed E-state index contributed by atoms with van der Waals surface area (Å²) in [5, 5.41) is 1.67. The Morgan fingerprint density at radius 2 is 2.27 bits per heavy atom. The van der Waals surface area contributed by atoms with Gasteiger partial charge in [-0.05, 0) is 18.8 Å². The second kappa shape index (κ2) is 4.84. The van der Waals surface area contributed by atoms with Crippen LogP contribution in [0.15, 0.2) is 17.4 Å². The number of rotatable bonds is 2. The predicted molar refractivity (Wildman–Crippen MR) is 63.7 cm³/mol. The van der Waals surface area contributed by atoms with E-state index in [0.717, 1.165) is 10.9 Å². The summed E-state index contributed by atoms with van der Waals surface area (Å²) < 4.78 is 0. The molecule has 3 nitrogen and oxygen atoms in total. The fraction of sp³-hybridized carbons (Fsp3) is 0.636. The van der Waals surface area contributed by atoms with Crippen LogP contribution < -0.4 is 5.73 Å². The maximum absolute atomic E-state index is 5.60. The standard InChI is InChI=1S/C11H17N3S/c1-8-3-2-4-9(5-8)15-11-7-13-6-10(12)14-11/h6-9H,2-5H2,1H3,(H2,12,14). The zero-order valence-corrected chi connectivity index (χ0v) is 9.83. The fourth-order valence-corrected chi connectivity index (χ4v) is 3.41. The van der Waals surface area contributed by atoms with Crippen molar-refractivity contribution in [2.24, 2.45) is 5.92 Å². The molecule has 0 amide bonds. The van der Waals surface area contributed by atoms with Crippen LogP contribution in [-0.4, -0.2) is 15.2 Å². The van der Waals surface area contributed by atoms with E-state index in [0.29, 0.717) is 11.1 Å². The first-order valence-electron chi connectivity index (χ1n) is 5.48. The van der Waals surface area contributed by atoms with Gasteiger partial charge in [-0.25, -0.2) is 4.98 Å². The molecule has 0 bridgehead atoms. The highest BCUT2D eigenvalue weighted by Gasteiger charge is 2.20. The number of hydrogen-bond acceptors (Lipinski definition) is 4. The molecule has 82 valence electrons. The van der Waals surface area contributed by atoms with Gasteiger partial charge in [0.2, 0.25) is 0 Å². The average Bonchev–Trinajstić information content (AvgIpc) is 2.17. The smallest absolute Gasteiger partial charge is 0.143 e. The molecule has 2 unspecified atom stereocenters. The van der Waals surface area contributed by atoms with Gasteiger partial charge in [0.05, 0.1) is 12.4 Å². The Bertz CT molecular complexity index is 329. The molecule has 1 saturated carbocycles. The number of aromatic nitrogens is 2. The van der Waals surface area contributed by atoms with Crippen LogP contribution in [0.2, 0.25) is 0 Å². The molecule has 0 aromatic carbocycles. The summed E-state index contributed by atoms with van der Waals surface area (Å²) in [6.45, 7) is 2.33. The zero-order chi connectivity index (χ0) is 10.7. The van der Waals surface area contributed by atoms with E-state index < -0.39 is 0 Å². The predicted octanol–water partition coefficient (Wildman–Crippen LogP) is 2.73. The monoisotopic (exact) mass is 223 g/mol. The molecule has 2 atom stereocenters. The third kappa shape index (κ3) is 3.09. The van der Waals surface area contributed by atoms with Gasteiger partial charge in [0.15, 0.2) is 0 Å². The Morgan fingerprint density at radius 1 is 1.40 bits per heavy atom. The molecule has 1 aromatic rings. The largest absolute Gasteiger partial charge is 0.382 e. The SMILES string of the molecule is CC1CCCC(Sc2cncc(N)n2)C1. The molecule has 0 aliphatic heterocycles. The van der Waals surface area contributed by atoms with Gasteiger partial charge in [0.1, 0.15) is 10.8 Å². The molecule has 15 heavy (non-hydrogen) atoms. The normalized spacial score (nSPS) is 26.5. The van der Waals surface area contributed by atoms with E-state index in [1.54, 1.807) is 12.4 Å². The lowest BCUT2D eigenvalue weighted by molar-refractivity contribution is 0.394. The summed E-state index contributed by atoms with van der Waals surface area (Å²) in [6.07, 6.45) is 8.70. The number of nitrogen functional groups attached to an aromatic ring is 1. The van der Waals surface area contributed by atoms with E-state index in [1.165, 1.54) is 25.7 Å². The van der Waals surface area contributed by atoms with Crippen LogP contribution in [0.1, 0.15) is 32.6 Å². The maximum Gasteiger partial charge on any atom is 0.143 e. The van der Waals surface area contributed by atoms with Crippen molar-refractivity contribution in [3.8, 4) is 0 Å². The summed E-state index contributed by atoms with van der Waals surface area (Å²) in [5.74, 6) is 1.37. The highest BCUT2D eigenvalue weighted by molar-refractivity contribution is 7.99. The van der Waals surface area contributed by atoms with E-state index in [4.69, 9.17) is 5.73 Å². The topological polar surface area (TPSA) is 51.8 Å². The number of nitrogens with zero attached hydrogens (tertiary/aromatic N) is 2. The number of anilines is 1. The molecule has 4 heteroatoms. The highest BCUT2D eigenvalue weighted by atomic mass is 32.2. The van der Waals surface area contributed by atoms with Crippen LogP contribution in [0.4, 0.5) is 5.82 Å². The number of thioether (sulfide) groups is 1. The van der Waals surface area contributed by atoms with Crippen LogP contribution in [0, 0.1) is 5.92 Å². The van der Waals surface area contributed by atoms with Gasteiger partial charge in [-0.3, -0.25) is 4.98 Å². The Kier molecular flexibility index (Phi) is 3.46. The van der Waals surface area contributed by atoms with Crippen LogP contribution in [0.25, 0.3) is 0 Å². The van der Waals surface area contributed by atoms with Gasteiger partial charge in [-0.2, -0.15) is 0 Å². The molecule has 0 spiro atoms. The van der Waals surface area contributed by atoms with Crippen molar-refractivity contribution in [3.05, 3.63) is 12.4 Å². The first-order valence-corrected chi connectivity index (χ1v) is 6.36. The van der Waals surface area contributed by atoms with Crippen molar-refractivity contribution in [1.82, 2.24) is 9.97 Å².